The number of carbonyl (C=O) groups is 1. The molecule has 21 heavy (non-hydrogen) atoms. The summed E-state index contributed by atoms with van der Waals surface area (Å²) in [5, 5.41) is 0.828. The number of fused-ring (bicyclic) bond motifs is 1. The van der Waals surface area contributed by atoms with Gasteiger partial charge in [0.1, 0.15) is 4.90 Å². The number of nitrogens with one attached hydrogen (secondary N) is 1. The van der Waals surface area contributed by atoms with Gasteiger partial charge in [-0.25, -0.2) is 13.1 Å². The fourth-order valence-corrected chi connectivity index (χ4v) is 3.74. The van der Waals surface area contributed by atoms with Gasteiger partial charge >= 0.3 is 0 Å². The van der Waals surface area contributed by atoms with E-state index in [1.165, 1.54) is 6.07 Å². The molecule has 5 nitrogen and oxygen atoms in total. The van der Waals surface area contributed by atoms with E-state index in [9.17, 15) is 13.2 Å². The molecule has 0 aliphatic rings. The minimum Gasteiger partial charge on any atom is -0.349 e. The van der Waals surface area contributed by atoms with E-state index in [4.69, 9.17) is 0 Å². The zero-order valence-electron chi connectivity index (χ0n) is 12.5. The van der Waals surface area contributed by atoms with Gasteiger partial charge in [-0.2, -0.15) is 0 Å². The Labute approximate surface area is 125 Å². The third-order valence-electron chi connectivity index (χ3n) is 3.55. The molecule has 1 aromatic carbocycles. The van der Waals surface area contributed by atoms with E-state index < -0.39 is 15.9 Å². The number of aromatic nitrogens is 1. The summed E-state index contributed by atoms with van der Waals surface area (Å²) in [6.45, 7) is 3.69. The molecule has 1 amide bonds. The van der Waals surface area contributed by atoms with Crippen LogP contribution in [0, 0.1) is 5.92 Å². The summed E-state index contributed by atoms with van der Waals surface area (Å²) >= 11 is 0. The molecule has 1 heterocycles. The number of para-hydroxylation sites is 1. The van der Waals surface area contributed by atoms with Crippen LogP contribution < -0.4 is 4.72 Å². The summed E-state index contributed by atoms with van der Waals surface area (Å²) in [6.07, 6.45) is 3.29. The van der Waals surface area contributed by atoms with Crippen molar-refractivity contribution in [1.82, 2.24) is 9.29 Å². The minimum absolute atomic E-state index is 0.129. The highest BCUT2D eigenvalue weighted by Crippen LogP contribution is 2.23. The molecule has 0 aliphatic carbocycles. The van der Waals surface area contributed by atoms with Crippen molar-refractivity contribution in [3.8, 4) is 0 Å². The Kier molecular flexibility index (Phi) is 4.37. The monoisotopic (exact) mass is 308 g/mol. The molecular formula is C15H20N2O3S. The molecule has 1 N–H and O–H groups in total. The number of benzene rings is 1. The van der Waals surface area contributed by atoms with Gasteiger partial charge < -0.3 is 4.57 Å². The molecule has 114 valence electrons. The summed E-state index contributed by atoms with van der Waals surface area (Å²) < 4.78 is 28.9. The quantitative estimate of drug-likeness (QED) is 0.922. The number of rotatable bonds is 5. The van der Waals surface area contributed by atoms with Crippen LogP contribution in [0.5, 0.6) is 0 Å². The van der Waals surface area contributed by atoms with Gasteiger partial charge in [0.05, 0.1) is 5.52 Å². The second kappa shape index (κ2) is 5.89. The van der Waals surface area contributed by atoms with Crippen LogP contribution in [0.25, 0.3) is 10.9 Å². The second-order valence-electron chi connectivity index (χ2n) is 5.28. The average molecular weight is 308 g/mol. The van der Waals surface area contributed by atoms with Crippen LogP contribution in [0.2, 0.25) is 0 Å². The van der Waals surface area contributed by atoms with Crippen LogP contribution in [0.4, 0.5) is 0 Å². The number of sulfonamides is 1. The van der Waals surface area contributed by atoms with Crippen LogP contribution in [0.15, 0.2) is 35.4 Å². The number of carbonyl (C=O) groups excluding carboxylic acids is 1. The summed E-state index contributed by atoms with van der Waals surface area (Å²) in [6, 6.07) is 6.88. The number of amides is 1. The average Bonchev–Trinajstić information content (AvgIpc) is 2.80. The highest BCUT2D eigenvalue weighted by molar-refractivity contribution is 7.90. The lowest BCUT2D eigenvalue weighted by atomic mass is 10.1. The molecule has 1 unspecified atom stereocenters. The van der Waals surface area contributed by atoms with Crippen LogP contribution in [-0.4, -0.2) is 18.9 Å². The summed E-state index contributed by atoms with van der Waals surface area (Å²) in [5.41, 5.74) is 0.598. The molecule has 0 radical (unpaired) electrons. The third kappa shape index (κ3) is 3.10. The lowest BCUT2D eigenvalue weighted by molar-refractivity contribution is -0.122. The summed E-state index contributed by atoms with van der Waals surface area (Å²) in [5.74, 6) is -0.777. The van der Waals surface area contributed by atoms with Gasteiger partial charge in [0.2, 0.25) is 5.91 Å². The highest BCUT2D eigenvalue weighted by atomic mass is 32.2. The minimum atomic E-state index is -3.86. The normalized spacial score (nSPS) is 13.3. The largest absolute Gasteiger partial charge is 0.349 e. The fraction of sp³-hybridized carbons (Fsp3) is 0.400. The predicted octanol–water partition coefficient (Wildman–Crippen LogP) is 2.42. The molecule has 0 saturated heterocycles. The highest BCUT2D eigenvalue weighted by Gasteiger charge is 2.23. The summed E-state index contributed by atoms with van der Waals surface area (Å²) in [7, 11) is -2.08. The first kappa shape index (κ1) is 15.6. The van der Waals surface area contributed by atoms with Crippen molar-refractivity contribution in [3.63, 3.8) is 0 Å². The van der Waals surface area contributed by atoms with Gasteiger partial charge in [-0.15, -0.1) is 0 Å². The van der Waals surface area contributed by atoms with Crippen LogP contribution in [-0.2, 0) is 21.9 Å². The smallest absolute Gasteiger partial charge is 0.266 e. The van der Waals surface area contributed by atoms with Crippen LogP contribution in [0.3, 0.4) is 0 Å². The van der Waals surface area contributed by atoms with Crippen LogP contribution in [0.1, 0.15) is 26.7 Å². The van der Waals surface area contributed by atoms with Crippen LogP contribution >= 0.6 is 0 Å². The van der Waals surface area contributed by atoms with Crippen molar-refractivity contribution in [2.75, 3.05) is 0 Å². The lowest BCUT2D eigenvalue weighted by Gasteiger charge is -2.13. The molecule has 0 fully saturated rings. The van der Waals surface area contributed by atoms with E-state index in [0.29, 0.717) is 11.9 Å². The van der Waals surface area contributed by atoms with Gasteiger partial charge in [0.15, 0.2) is 0 Å². The van der Waals surface area contributed by atoms with Gasteiger partial charge in [0, 0.05) is 24.5 Å². The van der Waals surface area contributed by atoms with Gasteiger partial charge in [-0.05, 0) is 18.6 Å². The molecule has 2 aromatic rings. The Hall–Kier alpha value is -1.82. The van der Waals surface area contributed by atoms with Crippen molar-refractivity contribution < 1.29 is 13.2 Å². The van der Waals surface area contributed by atoms with Gasteiger partial charge in [-0.3, -0.25) is 4.79 Å². The molecule has 1 aromatic heterocycles. The number of nitrogens with zero attached hydrogens (tertiary/aromatic N) is 1. The maximum Gasteiger partial charge on any atom is 0.266 e. The van der Waals surface area contributed by atoms with Gasteiger partial charge in [0.25, 0.3) is 10.0 Å². The van der Waals surface area contributed by atoms with E-state index in [0.717, 1.165) is 11.8 Å². The number of hydrogen-bond acceptors (Lipinski definition) is 3. The van der Waals surface area contributed by atoms with E-state index in [1.54, 1.807) is 30.8 Å². The Morgan fingerprint density at radius 2 is 2.05 bits per heavy atom. The second-order valence-corrected chi connectivity index (χ2v) is 6.93. The Bertz CT molecular complexity index is 762. The standard InChI is InChI=1S/C15H20N2O3S/c1-4-6-11(2)15(18)16-21(19,20)13-8-5-7-12-9-10-17(3)14(12)13/h5,7-11H,4,6H2,1-3H3,(H,16,18). The van der Waals surface area contributed by atoms with Gasteiger partial charge in [-0.1, -0.05) is 32.4 Å². The Morgan fingerprint density at radius 1 is 1.33 bits per heavy atom. The first-order valence-corrected chi connectivity index (χ1v) is 8.46. The zero-order valence-corrected chi connectivity index (χ0v) is 13.3. The first-order valence-electron chi connectivity index (χ1n) is 6.97. The zero-order chi connectivity index (χ0) is 15.6. The molecule has 0 bridgehead atoms. The molecule has 2 rings (SSSR count). The number of hydrogen-bond donors (Lipinski definition) is 1. The number of aryl methyl sites for hydroxylation is 1. The lowest BCUT2D eigenvalue weighted by Crippen LogP contribution is -2.34. The van der Waals surface area contributed by atoms with Crippen molar-refractivity contribution in [2.45, 2.75) is 31.6 Å². The maximum absolute atomic E-state index is 12.5. The van der Waals surface area contributed by atoms with Crippen molar-refractivity contribution in [3.05, 3.63) is 30.5 Å². The first-order chi connectivity index (χ1) is 9.86. The van der Waals surface area contributed by atoms with E-state index in [-0.39, 0.29) is 10.8 Å². The fourth-order valence-electron chi connectivity index (χ4n) is 2.39. The van der Waals surface area contributed by atoms with E-state index >= 15 is 0 Å². The molecule has 0 aliphatic heterocycles. The van der Waals surface area contributed by atoms with Crippen molar-refractivity contribution in [2.24, 2.45) is 13.0 Å². The molecule has 0 spiro atoms. The van der Waals surface area contributed by atoms with E-state index in [1.807, 2.05) is 19.1 Å². The van der Waals surface area contributed by atoms with E-state index in [2.05, 4.69) is 4.72 Å². The Balaban J connectivity index is 2.39. The SMILES string of the molecule is CCCC(C)C(=O)NS(=O)(=O)c1cccc2ccn(C)c12. The third-order valence-corrected chi connectivity index (χ3v) is 4.93. The predicted molar refractivity (Wildman–Crippen MR) is 82.3 cm³/mol. The topological polar surface area (TPSA) is 68.2 Å². The Morgan fingerprint density at radius 3 is 2.71 bits per heavy atom. The molecular weight excluding hydrogens is 288 g/mol. The van der Waals surface area contributed by atoms with Crippen molar-refractivity contribution in [1.29, 1.82) is 0 Å². The van der Waals surface area contributed by atoms with Crippen molar-refractivity contribution >= 4 is 26.8 Å². The molecule has 1 atom stereocenters. The summed E-state index contributed by atoms with van der Waals surface area (Å²) in [4.78, 5) is 12.1. The molecule has 6 heteroatoms. The molecule has 0 saturated carbocycles. The maximum atomic E-state index is 12.5.